The standard InChI is InChI=1S/C25H26ClN3O4/c1-33-23-16(13-15-7-9-17(10-8-15)28-12-4-11-27-28)14-18-21(22(23)26)25(32)29(24(18)31)19-5-2-3-6-20(19)30/h4,7-12,14,19-20,25,30,32H,2-3,5-6,13H2,1H3. The number of hydrogen-bond donors (Lipinski definition) is 2. The fourth-order valence-corrected chi connectivity index (χ4v) is 5.42. The maximum atomic E-state index is 13.3. The van der Waals surface area contributed by atoms with Gasteiger partial charge in [-0.05, 0) is 42.7 Å². The highest BCUT2D eigenvalue weighted by Gasteiger charge is 2.45. The second-order valence-corrected chi connectivity index (χ2v) is 9.02. The number of fused-ring (bicyclic) bond motifs is 1. The minimum Gasteiger partial charge on any atom is -0.495 e. The molecule has 33 heavy (non-hydrogen) atoms. The number of nitrogens with zero attached hydrogens (tertiary/aromatic N) is 3. The van der Waals surface area contributed by atoms with Gasteiger partial charge in [-0.2, -0.15) is 5.10 Å². The monoisotopic (exact) mass is 467 g/mol. The molecular weight excluding hydrogens is 442 g/mol. The zero-order valence-electron chi connectivity index (χ0n) is 18.3. The maximum absolute atomic E-state index is 13.3. The van der Waals surface area contributed by atoms with E-state index < -0.39 is 18.4 Å². The quantitative estimate of drug-likeness (QED) is 0.594. The van der Waals surface area contributed by atoms with Gasteiger partial charge in [0.2, 0.25) is 0 Å². The number of aliphatic hydroxyl groups excluding tert-OH is 2. The Morgan fingerprint density at radius 2 is 1.94 bits per heavy atom. The van der Waals surface area contributed by atoms with Crippen LogP contribution in [0.25, 0.3) is 5.69 Å². The van der Waals surface area contributed by atoms with Crippen molar-refractivity contribution in [1.82, 2.24) is 14.7 Å². The molecule has 7 nitrogen and oxygen atoms in total. The molecule has 0 radical (unpaired) electrons. The molecule has 2 aromatic carbocycles. The lowest BCUT2D eigenvalue weighted by Crippen LogP contribution is -2.47. The minimum absolute atomic E-state index is 0.242. The van der Waals surface area contributed by atoms with E-state index in [1.807, 2.05) is 36.5 Å². The summed E-state index contributed by atoms with van der Waals surface area (Å²) < 4.78 is 7.39. The van der Waals surface area contributed by atoms with Crippen LogP contribution in [0.1, 0.15) is 59.0 Å². The first-order valence-corrected chi connectivity index (χ1v) is 11.5. The van der Waals surface area contributed by atoms with Gasteiger partial charge < -0.3 is 19.8 Å². The summed E-state index contributed by atoms with van der Waals surface area (Å²) in [6, 6.07) is 11.2. The van der Waals surface area contributed by atoms with Gasteiger partial charge in [0.1, 0.15) is 5.75 Å². The summed E-state index contributed by atoms with van der Waals surface area (Å²) >= 11 is 6.68. The lowest BCUT2D eigenvalue weighted by Gasteiger charge is -2.37. The smallest absolute Gasteiger partial charge is 0.257 e. The molecule has 1 amide bonds. The van der Waals surface area contributed by atoms with Crippen molar-refractivity contribution in [1.29, 1.82) is 0 Å². The molecule has 3 atom stereocenters. The summed E-state index contributed by atoms with van der Waals surface area (Å²) in [7, 11) is 1.53. The van der Waals surface area contributed by atoms with Crippen molar-refractivity contribution >= 4 is 17.5 Å². The summed E-state index contributed by atoms with van der Waals surface area (Å²) in [5.74, 6) is 0.146. The Morgan fingerprint density at radius 3 is 2.61 bits per heavy atom. The average molecular weight is 468 g/mol. The Kier molecular flexibility index (Phi) is 5.86. The number of amides is 1. The molecular formula is C25H26ClN3O4. The molecule has 3 aromatic rings. The summed E-state index contributed by atoms with van der Waals surface area (Å²) in [5.41, 5.74) is 3.46. The van der Waals surface area contributed by atoms with E-state index in [9.17, 15) is 15.0 Å². The van der Waals surface area contributed by atoms with Gasteiger partial charge >= 0.3 is 0 Å². The van der Waals surface area contributed by atoms with E-state index in [0.29, 0.717) is 36.1 Å². The molecule has 1 aromatic heterocycles. The molecule has 8 heteroatoms. The number of rotatable bonds is 5. The number of carbonyl (C=O) groups is 1. The molecule has 2 aliphatic rings. The van der Waals surface area contributed by atoms with Gasteiger partial charge in [-0.3, -0.25) is 4.79 Å². The predicted molar refractivity (Wildman–Crippen MR) is 124 cm³/mol. The van der Waals surface area contributed by atoms with Crippen LogP contribution in [0.15, 0.2) is 48.8 Å². The van der Waals surface area contributed by atoms with E-state index >= 15 is 0 Å². The first-order chi connectivity index (χ1) is 16.0. The zero-order chi connectivity index (χ0) is 23.1. The van der Waals surface area contributed by atoms with Crippen LogP contribution in [-0.4, -0.2) is 50.1 Å². The van der Waals surface area contributed by atoms with Crippen molar-refractivity contribution < 1.29 is 19.7 Å². The number of hydrogen-bond acceptors (Lipinski definition) is 5. The fourth-order valence-electron chi connectivity index (χ4n) is 5.03. The highest BCUT2D eigenvalue weighted by Crippen LogP contribution is 2.46. The highest BCUT2D eigenvalue weighted by atomic mass is 35.5. The fraction of sp³-hybridized carbons (Fsp3) is 0.360. The number of benzene rings is 2. The molecule has 5 rings (SSSR count). The van der Waals surface area contributed by atoms with Crippen LogP contribution in [0, 0.1) is 0 Å². The summed E-state index contributed by atoms with van der Waals surface area (Å²) in [6.45, 7) is 0. The number of aliphatic hydroxyl groups is 2. The van der Waals surface area contributed by atoms with Gasteiger partial charge in [0.05, 0.1) is 30.0 Å². The summed E-state index contributed by atoms with van der Waals surface area (Å²) in [6.07, 6.45) is 5.36. The number of methoxy groups -OCH3 is 1. The molecule has 0 saturated heterocycles. The maximum Gasteiger partial charge on any atom is 0.257 e. The molecule has 0 spiro atoms. The van der Waals surface area contributed by atoms with Gasteiger partial charge in [-0.1, -0.05) is 36.6 Å². The molecule has 3 unspecified atom stereocenters. The highest BCUT2D eigenvalue weighted by molar-refractivity contribution is 6.34. The van der Waals surface area contributed by atoms with Crippen molar-refractivity contribution in [3.63, 3.8) is 0 Å². The topological polar surface area (TPSA) is 87.8 Å². The van der Waals surface area contributed by atoms with E-state index in [-0.39, 0.29) is 10.9 Å². The first kappa shape index (κ1) is 21.9. The molecule has 1 saturated carbocycles. The lowest BCUT2D eigenvalue weighted by molar-refractivity contribution is -0.0495. The summed E-state index contributed by atoms with van der Waals surface area (Å²) in [4.78, 5) is 14.7. The largest absolute Gasteiger partial charge is 0.495 e. The number of ether oxygens (including phenoxy) is 1. The van der Waals surface area contributed by atoms with E-state index in [0.717, 1.165) is 29.7 Å². The average Bonchev–Trinajstić information content (AvgIpc) is 3.43. The van der Waals surface area contributed by atoms with Crippen molar-refractivity contribution in [3.8, 4) is 11.4 Å². The van der Waals surface area contributed by atoms with Crippen LogP contribution in [0.5, 0.6) is 5.75 Å². The first-order valence-electron chi connectivity index (χ1n) is 11.2. The third kappa shape index (κ3) is 3.80. The van der Waals surface area contributed by atoms with Gasteiger partial charge in [-0.15, -0.1) is 0 Å². The molecule has 2 N–H and O–H groups in total. The Hall–Kier alpha value is -2.87. The van der Waals surface area contributed by atoms with Crippen LogP contribution in [0.4, 0.5) is 0 Å². The van der Waals surface area contributed by atoms with Gasteiger partial charge in [-0.25, -0.2) is 4.68 Å². The Balaban J connectivity index is 1.47. The summed E-state index contributed by atoms with van der Waals surface area (Å²) in [5, 5.41) is 26.0. The molecule has 0 bridgehead atoms. The Morgan fingerprint density at radius 1 is 1.18 bits per heavy atom. The third-order valence-electron chi connectivity index (χ3n) is 6.68. The second kappa shape index (κ2) is 8.82. The molecule has 1 fully saturated rings. The van der Waals surface area contributed by atoms with Gasteiger partial charge in [0.15, 0.2) is 6.23 Å². The van der Waals surface area contributed by atoms with Gasteiger partial charge in [0.25, 0.3) is 5.91 Å². The molecule has 2 heterocycles. The van der Waals surface area contributed by atoms with Gasteiger partial charge in [0, 0.05) is 35.5 Å². The Bertz CT molecular complexity index is 1160. The number of carbonyl (C=O) groups excluding carboxylic acids is 1. The number of aromatic nitrogens is 2. The van der Waals surface area contributed by atoms with E-state index in [2.05, 4.69) is 5.10 Å². The van der Waals surface area contributed by atoms with Crippen molar-refractivity contribution in [3.05, 3.63) is 76.1 Å². The van der Waals surface area contributed by atoms with E-state index in [1.54, 1.807) is 16.9 Å². The van der Waals surface area contributed by atoms with Crippen LogP contribution in [-0.2, 0) is 6.42 Å². The lowest BCUT2D eigenvalue weighted by atomic mass is 9.91. The van der Waals surface area contributed by atoms with Crippen molar-refractivity contribution in [2.75, 3.05) is 7.11 Å². The number of halogens is 1. The van der Waals surface area contributed by atoms with Crippen LogP contribution < -0.4 is 4.74 Å². The van der Waals surface area contributed by atoms with Crippen molar-refractivity contribution in [2.45, 2.75) is 50.5 Å². The third-order valence-corrected chi connectivity index (χ3v) is 7.05. The van der Waals surface area contributed by atoms with Crippen LogP contribution in [0.3, 0.4) is 0 Å². The Labute approximate surface area is 197 Å². The second-order valence-electron chi connectivity index (χ2n) is 8.64. The SMILES string of the molecule is COc1c(Cc2ccc(-n3cccn3)cc2)cc2c(c1Cl)C(O)N(C1CCCCC1O)C2=O. The van der Waals surface area contributed by atoms with Crippen LogP contribution in [0.2, 0.25) is 5.02 Å². The van der Waals surface area contributed by atoms with Crippen LogP contribution >= 0.6 is 11.6 Å². The molecule has 1 aliphatic heterocycles. The molecule has 1 aliphatic carbocycles. The van der Waals surface area contributed by atoms with Crippen molar-refractivity contribution in [2.24, 2.45) is 0 Å². The van der Waals surface area contributed by atoms with E-state index in [4.69, 9.17) is 16.3 Å². The predicted octanol–water partition coefficient (Wildman–Crippen LogP) is 3.88. The normalized spacial score (nSPS) is 22.5. The zero-order valence-corrected chi connectivity index (χ0v) is 19.1. The van der Waals surface area contributed by atoms with E-state index in [1.165, 1.54) is 12.0 Å². The molecule has 172 valence electrons. The minimum atomic E-state index is -1.20.